The molecule has 4 fully saturated rings. The highest BCUT2D eigenvalue weighted by Crippen LogP contribution is 2.57. The standard InChI is InChI=1S/C64H76N2O11/c1-3-38-30-48(39-11-8-13-43(68)28-39)41(31-53(38)70)27-42-29-46(75-45-14-4-5-15-45)33-50-59(71)52(36-74-60(42)50)57-54(16-10-25-72-2)76-61-47-18-17-44(69)32-49(47)56-34-51(61)62(57)77-55(19-24-67)58-40(12-9-26-73-56)35-65-64(66-58)23-22-63(37-64)20-6-7-21-63/h8,11,13,17-18,28-34,40,45,52,54-55,57-59,62,65-71H,3-7,10,14-16,19-27,35-37H2,1-2H3. The molecule has 13 heteroatoms. The fraction of sp³-hybridized carbons (Fsp3) is 0.531. The van der Waals surface area contributed by atoms with E-state index in [0.717, 1.165) is 77.3 Å². The van der Waals surface area contributed by atoms with Crippen LogP contribution in [0.5, 0.6) is 40.2 Å². The quantitative estimate of drug-likeness (QED) is 0.0438. The van der Waals surface area contributed by atoms with Crippen LogP contribution in [0.3, 0.4) is 0 Å². The number of hydrogen-bond acceptors (Lipinski definition) is 13. The van der Waals surface area contributed by atoms with Gasteiger partial charge in [-0.2, -0.15) is 0 Å². The van der Waals surface area contributed by atoms with E-state index in [1.807, 2.05) is 55.5 Å². The van der Waals surface area contributed by atoms with Crippen molar-refractivity contribution in [1.29, 1.82) is 0 Å². The lowest BCUT2D eigenvalue weighted by molar-refractivity contribution is -0.148. The molecule has 5 aromatic rings. The number of aromatic hydroxyl groups is 3. The molecule has 7 N–H and O–H groups in total. The second-order valence-electron chi connectivity index (χ2n) is 23.4. The summed E-state index contributed by atoms with van der Waals surface area (Å²) in [6.07, 6.45) is 12.2. The number of fused-ring (bicyclic) bond motifs is 6. The number of ether oxygens (including phenoxy) is 6. The first-order valence-electron chi connectivity index (χ1n) is 28.7. The van der Waals surface area contributed by atoms with Gasteiger partial charge >= 0.3 is 0 Å². The van der Waals surface area contributed by atoms with E-state index in [0.29, 0.717) is 84.6 Å². The van der Waals surface area contributed by atoms with E-state index in [-0.39, 0.29) is 60.8 Å². The third-order valence-electron chi connectivity index (χ3n) is 18.6. The predicted octanol–water partition coefficient (Wildman–Crippen LogP) is 10.5. The normalized spacial score (nSPS) is 28.4. The van der Waals surface area contributed by atoms with Crippen LogP contribution in [0.4, 0.5) is 0 Å². The highest BCUT2D eigenvalue weighted by atomic mass is 16.5. The summed E-state index contributed by atoms with van der Waals surface area (Å²) >= 11 is 0. The van der Waals surface area contributed by atoms with Crippen LogP contribution >= 0.6 is 0 Å². The number of rotatable bonds is 13. The maximum Gasteiger partial charge on any atom is 0.149 e. The zero-order chi connectivity index (χ0) is 52.8. The number of nitrogens with one attached hydrogen (secondary N) is 2. The summed E-state index contributed by atoms with van der Waals surface area (Å²) in [5.74, 6) is 8.53. The second kappa shape index (κ2) is 21.8. The molecular formula is C64H76N2O11. The third kappa shape index (κ3) is 10.2. The molecule has 4 heterocycles. The van der Waals surface area contributed by atoms with Crippen LogP contribution in [-0.2, 0) is 22.3 Å². The van der Waals surface area contributed by atoms with Gasteiger partial charge in [-0.1, -0.05) is 43.7 Å². The summed E-state index contributed by atoms with van der Waals surface area (Å²) in [6.45, 7) is 3.33. The molecule has 9 unspecified atom stereocenters. The summed E-state index contributed by atoms with van der Waals surface area (Å²) in [5.41, 5.74) is 5.56. The van der Waals surface area contributed by atoms with E-state index in [9.17, 15) is 25.5 Å². The first-order valence-corrected chi connectivity index (χ1v) is 28.7. The summed E-state index contributed by atoms with van der Waals surface area (Å²) in [5, 5.41) is 67.0. The first-order chi connectivity index (χ1) is 37.5. The Bertz CT molecular complexity index is 3030. The highest BCUT2D eigenvalue weighted by Gasteiger charge is 2.55. The largest absolute Gasteiger partial charge is 0.508 e. The van der Waals surface area contributed by atoms with Gasteiger partial charge in [0, 0.05) is 78.6 Å². The zero-order valence-corrected chi connectivity index (χ0v) is 44.7. The molecule has 4 aliphatic heterocycles. The molecule has 77 heavy (non-hydrogen) atoms. The lowest BCUT2D eigenvalue weighted by Gasteiger charge is -2.50. The van der Waals surface area contributed by atoms with Gasteiger partial charge < -0.3 is 54.0 Å². The molecule has 2 spiro atoms. The van der Waals surface area contributed by atoms with Crippen LogP contribution in [0.1, 0.15) is 137 Å². The van der Waals surface area contributed by atoms with Crippen molar-refractivity contribution in [3.8, 4) is 63.2 Å². The van der Waals surface area contributed by atoms with Crippen LogP contribution < -0.4 is 29.6 Å². The zero-order valence-electron chi connectivity index (χ0n) is 44.7. The van der Waals surface area contributed by atoms with Crippen molar-refractivity contribution >= 4 is 10.8 Å². The lowest BCUT2D eigenvalue weighted by atomic mass is 9.72. The molecular weight excluding hydrogens is 973 g/mol. The Balaban J connectivity index is 0.982. The first kappa shape index (κ1) is 52.0. The maximum absolute atomic E-state index is 13.4. The van der Waals surface area contributed by atoms with Gasteiger partial charge in [-0.25, -0.2) is 0 Å². The number of phenols is 3. The highest BCUT2D eigenvalue weighted by molar-refractivity contribution is 5.96. The molecule has 408 valence electrons. The Morgan fingerprint density at radius 3 is 2.45 bits per heavy atom. The number of benzene rings is 5. The smallest absolute Gasteiger partial charge is 0.149 e. The minimum atomic E-state index is -1.07. The van der Waals surface area contributed by atoms with Crippen molar-refractivity contribution in [2.24, 2.45) is 23.2 Å². The number of aliphatic hydroxyl groups excluding tert-OH is 2. The van der Waals surface area contributed by atoms with Crippen molar-refractivity contribution in [3.05, 3.63) is 101 Å². The topological polar surface area (TPSA) is 181 Å². The summed E-state index contributed by atoms with van der Waals surface area (Å²) in [6, 6.07) is 22.0. The van der Waals surface area contributed by atoms with Gasteiger partial charge in [0.25, 0.3) is 0 Å². The van der Waals surface area contributed by atoms with Crippen molar-refractivity contribution in [1.82, 2.24) is 10.6 Å². The van der Waals surface area contributed by atoms with Crippen molar-refractivity contribution in [2.75, 3.05) is 40.1 Å². The number of methoxy groups -OCH3 is 1. The Kier molecular flexibility index (Phi) is 14.8. The third-order valence-corrected chi connectivity index (χ3v) is 18.6. The Hall–Kier alpha value is -5.72. The Morgan fingerprint density at radius 1 is 0.805 bits per heavy atom. The van der Waals surface area contributed by atoms with Crippen molar-refractivity contribution < 1.29 is 54.0 Å². The fourth-order valence-electron chi connectivity index (χ4n) is 14.8. The predicted molar refractivity (Wildman–Crippen MR) is 294 cm³/mol. The number of aryl methyl sites for hydroxylation is 1. The van der Waals surface area contributed by atoms with E-state index < -0.39 is 36.3 Å². The Labute approximate surface area is 452 Å². The van der Waals surface area contributed by atoms with Gasteiger partial charge in [0.15, 0.2) is 0 Å². The van der Waals surface area contributed by atoms with Crippen LogP contribution in [0.15, 0.2) is 72.8 Å². The molecule has 0 amide bonds. The fourth-order valence-corrected chi connectivity index (χ4v) is 14.8. The van der Waals surface area contributed by atoms with Crippen LogP contribution in [0, 0.1) is 35.0 Å². The van der Waals surface area contributed by atoms with E-state index >= 15 is 0 Å². The van der Waals surface area contributed by atoms with Gasteiger partial charge in [-0.3, -0.25) is 10.6 Å². The summed E-state index contributed by atoms with van der Waals surface area (Å²) in [7, 11) is 1.70. The summed E-state index contributed by atoms with van der Waals surface area (Å²) < 4.78 is 41.4. The summed E-state index contributed by atoms with van der Waals surface area (Å²) in [4.78, 5) is 0. The molecule has 3 aliphatic carbocycles. The maximum atomic E-state index is 13.4. The molecule has 1 saturated heterocycles. The van der Waals surface area contributed by atoms with E-state index in [1.54, 1.807) is 31.4 Å². The van der Waals surface area contributed by atoms with Crippen LogP contribution in [0.25, 0.3) is 21.9 Å². The van der Waals surface area contributed by atoms with Crippen molar-refractivity contribution in [2.45, 2.75) is 152 Å². The molecule has 9 atom stereocenters. The average Bonchev–Trinajstić information content (AvgIpc) is 4.22. The molecule has 13 nitrogen and oxygen atoms in total. The van der Waals surface area contributed by atoms with Gasteiger partial charge in [0.2, 0.25) is 0 Å². The number of phenolic OH excluding ortho intramolecular Hbond substituents is 3. The molecule has 3 saturated carbocycles. The minimum Gasteiger partial charge on any atom is -0.508 e. The number of aliphatic hydroxyl groups is 2. The van der Waals surface area contributed by atoms with E-state index in [4.69, 9.17) is 28.4 Å². The van der Waals surface area contributed by atoms with Gasteiger partial charge in [-0.05, 0) is 172 Å². The van der Waals surface area contributed by atoms with Crippen molar-refractivity contribution in [3.63, 3.8) is 0 Å². The van der Waals surface area contributed by atoms with Crippen LogP contribution in [0.2, 0.25) is 0 Å². The second-order valence-corrected chi connectivity index (χ2v) is 23.4. The number of hydrogen-bond donors (Lipinski definition) is 7. The average molecular weight is 1050 g/mol. The molecule has 2 bridgehead atoms. The van der Waals surface area contributed by atoms with Gasteiger partial charge in [-0.15, -0.1) is 0 Å². The van der Waals surface area contributed by atoms with E-state index in [1.165, 1.54) is 32.1 Å². The van der Waals surface area contributed by atoms with Crippen LogP contribution in [-0.4, -0.2) is 95.6 Å². The SMILES string of the molecule is CCc1cc(-c2cccc(O)c2)c(Cc2cc(OC3CCCC3)cc3c2OCC(C2C(CCCOC)Oc4c5cc(c6cc(O)ccc46)OCC#CC4CNC6(CCC7(CCCC7)C6)NC4C(CCO)OC52)C3O)cc1O. The Morgan fingerprint density at radius 2 is 1.65 bits per heavy atom. The lowest BCUT2D eigenvalue weighted by Crippen LogP contribution is -2.69. The molecule has 5 aromatic carbocycles. The molecule has 12 rings (SSSR count). The van der Waals surface area contributed by atoms with E-state index in [2.05, 4.69) is 22.5 Å². The van der Waals surface area contributed by atoms with Gasteiger partial charge in [0.05, 0.1) is 42.6 Å². The molecule has 0 radical (unpaired) electrons. The monoisotopic (exact) mass is 1050 g/mol. The molecule has 7 aliphatic rings. The molecule has 0 aromatic heterocycles. The van der Waals surface area contributed by atoms with Gasteiger partial charge in [0.1, 0.15) is 53.0 Å². The minimum absolute atomic E-state index is 0.0351.